The molecule has 1 fully saturated rings. The number of carbonyl (C=O) groups excluding carboxylic acids is 1. The number of ether oxygens (including phenoxy) is 2. The van der Waals surface area contributed by atoms with Crippen LogP contribution in [0.3, 0.4) is 0 Å². The van der Waals surface area contributed by atoms with Crippen molar-refractivity contribution in [3.8, 4) is 11.5 Å². The summed E-state index contributed by atoms with van der Waals surface area (Å²) in [6.07, 6.45) is 7.92. The highest BCUT2D eigenvalue weighted by molar-refractivity contribution is 6.34. The predicted molar refractivity (Wildman–Crippen MR) is 84.7 cm³/mol. The van der Waals surface area contributed by atoms with E-state index in [1.807, 2.05) is 0 Å². The maximum absolute atomic E-state index is 12.8. The molecule has 0 spiro atoms. The lowest BCUT2D eigenvalue weighted by Gasteiger charge is -2.20. The second-order valence-electron chi connectivity index (χ2n) is 5.59. The maximum atomic E-state index is 12.8. The van der Waals surface area contributed by atoms with Gasteiger partial charge in [-0.05, 0) is 18.9 Å². The molecule has 0 unspecified atom stereocenters. The Hall–Kier alpha value is -1.22. The summed E-state index contributed by atoms with van der Waals surface area (Å²) in [6.45, 7) is 0. The zero-order valence-corrected chi connectivity index (χ0v) is 13.5. The molecule has 1 aliphatic rings. The van der Waals surface area contributed by atoms with Crippen molar-refractivity contribution in [3.05, 3.63) is 22.7 Å². The highest BCUT2D eigenvalue weighted by Gasteiger charge is 2.24. The van der Waals surface area contributed by atoms with Gasteiger partial charge in [-0.2, -0.15) is 0 Å². The molecule has 0 saturated heterocycles. The number of benzene rings is 1. The second kappa shape index (κ2) is 7.69. The molecule has 0 N–H and O–H groups in total. The van der Waals surface area contributed by atoms with E-state index in [0.29, 0.717) is 22.1 Å². The Morgan fingerprint density at radius 1 is 1.00 bits per heavy atom. The van der Waals surface area contributed by atoms with Crippen LogP contribution < -0.4 is 9.47 Å². The quantitative estimate of drug-likeness (QED) is 0.742. The number of carbonyl (C=O) groups is 1. The van der Waals surface area contributed by atoms with Crippen molar-refractivity contribution in [3.63, 3.8) is 0 Å². The molecule has 21 heavy (non-hydrogen) atoms. The van der Waals surface area contributed by atoms with Gasteiger partial charge in [-0.15, -0.1) is 0 Å². The highest BCUT2D eigenvalue weighted by atomic mass is 35.5. The standard InChI is InChI=1S/C17H23ClO3/c1-20-15-10-13(14(18)11-16(15)21-2)17(19)12-8-6-4-3-5-7-9-12/h10-12H,3-9H2,1-2H3. The lowest BCUT2D eigenvalue weighted by atomic mass is 9.85. The molecule has 1 aromatic carbocycles. The van der Waals surface area contributed by atoms with E-state index >= 15 is 0 Å². The fourth-order valence-electron chi connectivity index (χ4n) is 2.98. The summed E-state index contributed by atoms with van der Waals surface area (Å²) in [5, 5.41) is 0.444. The van der Waals surface area contributed by atoms with Gasteiger partial charge in [0.05, 0.1) is 19.2 Å². The summed E-state index contributed by atoms with van der Waals surface area (Å²) >= 11 is 6.27. The number of hydrogen-bond acceptors (Lipinski definition) is 3. The van der Waals surface area contributed by atoms with Gasteiger partial charge in [0.2, 0.25) is 0 Å². The first-order chi connectivity index (χ1) is 10.2. The third-order valence-corrected chi connectivity index (χ3v) is 4.53. The van der Waals surface area contributed by atoms with Crippen molar-refractivity contribution in [2.75, 3.05) is 14.2 Å². The van der Waals surface area contributed by atoms with Gasteiger partial charge in [-0.1, -0.05) is 43.7 Å². The van der Waals surface area contributed by atoms with Gasteiger partial charge in [0.15, 0.2) is 17.3 Å². The Morgan fingerprint density at radius 3 is 2.10 bits per heavy atom. The third kappa shape index (κ3) is 3.91. The average Bonchev–Trinajstić information content (AvgIpc) is 2.46. The minimum absolute atomic E-state index is 0.0842. The van der Waals surface area contributed by atoms with Crippen LogP contribution in [0.15, 0.2) is 12.1 Å². The largest absolute Gasteiger partial charge is 0.493 e. The third-order valence-electron chi connectivity index (χ3n) is 4.21. The van der Waals surface area contributed by atoms with Gasteiger partial charge in [-0.25, -0.2) is 0 Å². The second-order valence-corrected chi connectivity index (χ2v) is 6.00. The number of ketones is 1. The molecule has 0 bridgehead atoms. The minimum atomic E-state index is 0.0842. The molecule has 2 rings (SSSR count). The molecule has 0 atom stereocenters. The first-order valence-corrected chi connectivity index (χ1v) is 8.01. The molecule has 0 amide bonds. The normalized spacial score (nSPS) is 16.9. The Bertz CT molecular complexity index is 491. The first-order valence-electron chi connectivity index (χ1n) is 7.63. The van der Waals surface area contributed by atoms with Crippen molar-refractivity contribution in [1.82, 2.24) is 0 Å². The monoisotopic (exact) mass is 310 g/mol. The van der Waals surface area contributed by atoms with E-state index in [1.165, 1.54) is 19.3 Å². The summed E-state index contributed by atoms with van der Waals surface area (Å²) in [6, 6.07) is 3.37. The maximum Gasteiger partial charge on any atom is 0.167 e. The van der Waals surface area contributed by atoms with E-state index < -0.39 is 0 Å². The molecule has 0 radical (unpaired) electrons. The molecule has 3 nitrogen and oxygen atoms in total. The Morgan fingerprint density at radius 2 is 1.52 bits per heavy atom. The number of rotatable bonds is 4. The van der Waals surface area contributed by atoms with E-state index in [2.05, 4.69) is 0 Å². The van der Waals surface area contributed by atoms with E-state index in [0.717, 1.165) is 25.7 Å². The highest BCUT2D eigenvalue weighted by Crippen LogP contribution is 2.35. The summed E-state index contributed by atoms with van der Waals surface area (Å²) < 4.78 is 10.5. The van der Waals surface area contributed by atoms with Gasteiger partial charge in [-0.3, -0.25) is 4.79 Å². The molecule has 0 heterocycles. The zero-order chi connectivity index (χ0) is 15.2. The van der Waals surface area contributed by atoms with Crippen LogP contribution >= 0.6 is 11.6 Å². The van der Waals surface area contributed by atoms with Crippen LogP contribution in [-0.2, 0) is 0 Å². The molecule has 0 aliphatic heterocycles. The Kier molecular flexibility index (Phi) is 5.92. The van der Waals surface area contributed by atoms with Gasteiger partial charge in [0.25, 0.3) is 0 Å². The van der Waals surface area contributed by atoms with Crippen molar-refractivity contribution in [2.45, 2.75) is 44.9 Å². The zero-order valence-electron chi connectivity index (χ0n) is 12.8. The number of hydrogen-bond donors (Lipinski definition) is 0. The van der Waals surface area contributed by atoms with Crippen molar-refractivity contribution >= 4 is 17.4 Å². The fraction of sp³-hybridized carbons (Fsp3) is 0.588. The van der Waals surface area contributed by atoms with Gasteiger partial charge >= 0.3 is 0 Å². The summed E-state index contributed by atoms with van der Waals surface area (Å²) in [5.41, 5.74) is 0.555. The summed E-state index contributed by atoms with van der Waals surface area (Å²) in [4.78, 5) is 12.8. The summed E-state index contributed by atoms with van der Waals surface area (Å²) in [7, 11) is 3.13. The Labute approximate surface area is 131 Å². The molecular weight excluding hydrogens is 288 g/mol. The average molecular weight is 311 g/mol. The molecule has 1 saturated carbocycles. The number of Topliss-reactive ketones (excluding diaryl/α,β-unsaturated/α-hetero) is 1. The SMILES string of the molecule is COc1cc(Cl)c(C(=O)C2CCCCCCC2)cc1OC. The van der Waals surface area contributed by atoms with Crippen LogP contribution in [0.4, 0.5) is 0 Å². The molecular formula is C17H23ClO3. The van der Waals surface area contributed by atoms with Crippen LogP contribution in [-0.4, -0.2) is 20.0 Å². The smallest absolute Gasteiger partial charge is 0.167 e. The Balaban J connectivity index is 2.24. The van der Waals surface area contributed by atoms with Crippen molar-refractivity contribution in [2.24, 2.45) is 5.92 Å². The van der Waals surface area contributed by atoms with Crippen LogP contribution in [0.25, 0.3) is 0 Å². The van der Waals surface area contributed by atoms with E-state index in [-0.39, 0.29) is 11.7 Å². The van der Waals surface area contributed by atoms with Crippen LogP contribution in [0.2, 0.25) is 5.02 Å². The fourth-order valence-corrected chi connectivity index (χ4v) is 3.23. The van der Waals surface area contributed by atoms with Crippen LogP contribution in [0.5, 0.6) is 11.5 Å². The molecule has 1 aliphatic carbocycles. The van der Waals surface area contributed by atoms with Gasteiger partial charge in [0.1, 0.15) is 0 Å². The van der Waals surface area contributed by atoms with E-state index in [9.17, 15) is 4.79 Å². The predicted octanol–water partition coefficient (Wildman–Crippen LogP) is 4.90. The minimum Gasteiger partial charge on any atom is -0.493 e. The molecule has 116 valence electrons. The number of halogens is 1. The lowest BCUT2D eigenvalue weighted by molar-refractivity contribution is 0.0898. The topological polar surface area (TPSA) is 35.5 Å². The summed E-state index contributed by atoms with van der Waals surface area (Å²) in [5.74, 6) is 1.33. The van der Waals surface area contributed by atoms with Crippen LogP contribution in [0, 0.1) is 5.92 Å². The first kappa shape index (κ1) is 16.2. The molecule has 1 aromatic rings. The van der Waals surface area contributed by atoms with Crippen molar-refractivity contribution < 1.29 is 14.3 Å². The van der Waals surface area contributed by atoms with E-state index in [4.69, 9.17) is 21.1 Å². The number of methoxy groups -OCH3 is 2. The lowest BCUT2D eigenvalue weighted by Crippen LogP contribution is -2.17. The van der Waals surface area contributed by atoms with Gasteiger partial charge in [0, 0.05) is 17.5 Å². The molecule has 4 heteroatoms. The molecule has 0 aromatic heterocycles. The van der Waals surface area contributed by atoms with Crippen LogP contribution in [0.1, 0.15) is 55.3 Å². The van der Waals surface area contributed by atoms with E-state index in [1.54, 1.807) is 26.4 Å². The van der Waals surface area contributed by atoms with Crippen molar-refractivity contribution in [1.29, 1.82) is 0 Å². The van der Waals surface area contributed by atoms with Gasteiger partial charge < -0.3 is 9.47 Å².